The number of esters is 1. The zero-order valence-corrected chi connectivity index (χ0v) is 17.0. The number of aryl methyl sites for hydroxylation is 1. The van der Waals surface area contributed by atoms with Crippen LogP contribution in [-0.4, -0.2) is 50.9 Å². The molecule has 1 N–H and O–H groups in total. The number of hydrogen-bond acceptors (Lipinski definition) is 5. The molecule has 1 heterocycles. The molecule has 1 atom stereocenters. The maximum Gasteiger partial charge on any atom is 0.339 e. The molecule has 1 saturated heterocycles. The van der Waals surface area contributed by atoms with Gasteiger partial charge in [0, 0.05) is 19.6 Å². The number of rotatable bonds is 6. The molecule has 1 aromatic carbocycles. The fourth-order valence-electron chi connectivity index (χ4n) is 3.08. The lowest BCUT2D eigenvalue weighted by Gasteiger charge is -2.24. The first-order chi connectivity index (χ1) is 12.8. The summed E-state index contributed by atoms with van der Waals surface area (Å²) in [6.45, 7) is 6.53. The second kappa shape index (κ2) is 9.32. The van der Waals surface area contributed by atoms with Crippen molar-refractivity contribution in [2.24, 2.45) is 0 Å². The van der Waals surface area contributed by atoms with Gasteiger partial charge in [-0.3, -0.25) is 4.79 Å². The highest BCUT2D eigenvalue weighted by Gasteiger charge is 2.26. The van der Waals surface area contributed by atoms with Crippen molar-refractivity contribution in [1.29, 1.82) is 0 Å². The zero-order chi connectivity index (χ0) is 20.0. The number of carbonyl (C=O) groups is 2. The Morgan fingerprint density at radius 1 is 1.19 bits per heavy atom. The van der Waals surface area contributed by atoms with Gasteiger partial charge in [-0.15, -0.1) is 0 Å². The van der Waals surface area contributed by atoms with Crippen LogP contribution < -0.4 is 4.72 Å². The molecule has 8 heteroatoms. The summed E-state index contributed by atoms with van der Waals surface area (Å²) in [6.07, 6.45) is 3.20. The monoisotopic (exact) mass is 396 g/mol. The predicted molar refractivity (Wildman–Crippen MR) is 102 cm³/mol. The standard InChI is InChI=1S/C19H28N2O5S/c1-4-20-27(24,25)16-10-9-14(2)17(13-16)19(23)26-15(3)18(22)21-11-7-5-6-8-12-21/h9-10,13,15,20H,4-8,11-12H2,1-3H3. The van der Waals surface area contributed by atoms with E-state index in [1.54, 1.807) is 31.7 Å². The number of nitrogens with one attached hydrogen (secondary N) is 1. The summed E-state index contributed by atoms with van der Waals surface area (Å²) in [7, 11) is -3.68. The van der Waals surface area contributed by atoms with Crippen LogP contribution in [0.4, 0.5) is 0 Å². The van der Waals surface area contributed by atoms with E-state index in [4.69, 9.17) is 4.74 Å². The number of likely N-dealkylation sites (tertiary alicyclic amines) is 1. The van der Waals surface area contributed by atoms with Gasteiger partial charge in [0.2, 0.25) is 10.0 Å². The lowest BCUT2D eigenvalue weighted by atomic mass is 10.1. The molecule has 0 spiro atoms. The van der Waals surface area contributed by atoms with E-state index < -0.39 is 22.1 Å². The van der Waals surface area contributed by atoms with Gasteiger partial charge in [-0.05, 0) is 44.4 Å². The van der Waals surface area contributed by atoms with Gasteiger partial charge in [0.15, 0.2) is 6.10 Å². The third-order valence-corrected chi connectivity index (χ3v) is 6.17. The Morgan fingerprint density at radius 3 is 2.41 bits per heavy atom. The maximum atomic E-state index is 12.6. The fraction of sp³-hybridized carbons (Fsp3) is 0.579. The Morgan fingerprint density at radius 2 is 1.81 bits per heavy atom. The second-order valence-corrected chi connectivity index (χ2v) is 8.53. The average Bonchev–Trinajstić information content (AvgIpc) is 2.90. The molecular weight excluding hydrogens is 368 g/mol. The van der Waals surface area contributed by atoms with Crippen molar-refractivity contribution in [1.82, 2.24) is 9.62 Å². The Labute approximate surface area is 161 Å². The molecule has 2 rings (SSSR count). The normalized spacial score (nSPS) is 16.5. The highest BCUT2D eigenvalue weighted by molar-refractivity contribution is 7.89. The van der Waals surface area contributed by atoms with Crippen LogP contribution in [0.1, 0.15) is 55.5 Å². The third-order valence-electron chi connectivity index (χ3n) is 4.62. The lowest BCUT2D eigenvalue weighted by molar-refractivity contribution is -0.139. The topological polar surface area (TPSA) is 92.8 Å². The number of amides is 1. The summed E-state index contributed by atoms with van der Waals surface area (Å²) in [4.78, 5) is 26.9. The quantitative estimate of drug-likeness (QED) is 0.745. The molecule has 1 unspecified atom stereocenters. The summed E-state index contributed by atoms with van der Waals surface area (Å²) in [5, 5.41) is 0. The van der Waals surface area contributed by atoms with Gasteiger partial charge in [0.1, 0.15) is 0 Å². The second-order valence-electron chi connectivity index (χ2n) is 6.77. The molecule has 0 saturated carbocycles. The fourth-order valence-corrected chi connectivity index (χ4v) is 4.15. The van der Waals surface area contributed by atoms with Crippen molar-refractivity contribution in [2.75, 3.05) is 19.6 Å². The van der Waals surface area contributed by atoms with Gasteiger partial charge in [-0.1, -0.05) is 25.8 Å². The molecule has 27 heavy (non-hydrogen) atoms. The minimum absolute atomic E-state index is 0.00611. The number of ether oxygens (including phenoxy) is 1. The smallest absolute Gasteiger partial charge is 0.339 e. The van der Waals surface area contributed by atoms with Crippen molar-refractivity contribution in [3.8, 4) is 0 Å². The minimum Gasteiger partial charge on any atom is -0.449 e. The summed E-state index contributed by atoms with van der Waals surface area (Å²) in [5.74, 6) is -0.906. The van der Waals surface area contributed by atoms with Crippen LogP contribution in [-0.2, 0) is 19.6 Å². The van der Waals surface area contributed by atoms with Crippen LogP contribution >= 0.6 is 0 Å². The van der Waals surface area contributed by atoms with E-state index in [0.717, 1.165) is 25.7 Å². The Kier molecular flexibility index (Phi) is 7.38. The van der Waals surface area contributed by atoms with E-state index in [1.165, 1.54) is 12.1 Å². The van der Waals surface area contributed by atoms with E-state index in [0.29, 0.717) is 18.7 Å². The van der Waals surface area contributed by atoms with E-state index in [1.807, 2.05) is 0 Å². The average molecular weight is 397 g/mol. The molecular formula is C19H28N2O5S. The summed E-state index contributed by atoms with van der Waals surface area (Å²) in [5.41, 5.74) is 0.731. The number of benzene rings is 1. The van der Waals surface area contributed by atoms with Crippen molar-refractivity contribution in [3.63, 3.8) is 0 Å². The third kappa shape index (κ3) is 5.52. The molecule has 1 amide bonds. The molecule has 1 aliphatic rings. The molecule has 1 aliphatic heterocycles. The Hall–Kier alpha value is -1.93. The largest absolute Gasteiger partial charge is 0.449 e. The number of hydrogen-bond donors (Lipinski definition) is 1. The van der Waals surface area contributed by atoms with Crippen LogP contribution in [0.3, 0.4) is 0 Å². The van der Waals surface area contributed by atoms with Crippen molar-refractivity contribution >= 4 is 21.9 Å². The lowest BCUT2D eigenvalue weighted by Crippen LogP contribution is -2.40. The predicted octanol–water partition coefficient (Wildman–Crippen LogP) is 2.24. The molecule has 1 fully saturated rings. The molecule has 1 aromatic rings. The van der Waals surface area contributed by atoms with Gasteiger partial charge < -0.3 is 9.64 Å². The van der Waals surface area contributed by atoms with Gasteiger partial charge in [0.05, 0.1) is 10.5 Å². The maximum absolute atomic E-state index is 12.6. The SMILES string of the molecule is CCNS(=O)(=O)c1ccc(C)c(C(=O)OC(C)C(=O)N2CCCCCC2)c1. The number of sulfonamides is 1. The van der Waals surface area contributed by atoms with Gasteiger partial charge >= 0.3 is 5.97 Å². The number of carbonyl (C=O) groups excluding carboxylic acids is 2. The first kappa shape index (κ1) is 21.4. The highest BCUT2D eigenvalue weighted by Crippen LogP contribution is 2.18. The highest BCUT2D eigenvalue weighted by atomic mass is 32.2. The molecule has 0 aliphatic carbocycles. The van der Waals surface area contributed by atoms with Gasteiger partial charge in [-0.2, -0.15) is 0 Å². The molecule has 0 aromatic heterocycles. The van der Waals surface area contributed by atoms with E-state index in [2.05, 4.69) is 4.72 Å². The van der Waals surface area contributed by atoms with Gasteiger partial charge in [0.25, 0.3) is 5.91 Å². The van der Waals surface area contributed by atoms with Crippen LogP contribution in [0.5, 0.6) is 0 Å². The van der Waals surface area contributed by atoms with Gasteiger partial charge in [-0.25, -0.2) is 17.9 Å². The summed E-state index contributed by atoms with van der Waals surface area (Å²) < 4.78 is 32.1. The Balaban J connectivity index is 2.13. The van der Waals surface area contributed by atoms with Crippen LogP contribution in [0.25, 0.3) is 0 Å². The first-order valence-electron chi connectivity index (χ1n) is 9.36. The van der Waals surface area contributed by atoms with Crippen LogP contribution in [0.15, 0.2) is 23.1 Å². The van der Waals surface area contributed by atoms with Crippen molar-refractivity contribution in [2.45, 2.75) is 57.5 Å². The zero-order valence-electron chi connectivity index (χ0n) is 16.2. The van der Waals surface area contributed by atoms with E-state index in [9.17, 15) is 18.0 Å². The number of nitrogens with zero attached hydrogens (tertiary/aromatic N) is 1. The van der Waals surface area contributed by atoms with Crippen LogP contribution in [0.2, 0.25) is 0 Å². The molecule has 0 bridgehead atoms. The molecule has 0 radical (unpaired) electrons. The van der Waals surface area contributed by atoms with E-state index in [-0.39, 0.29) is 22.9 Å². The van der Waals surface area contributed by atoms with Crippen molar-refractivity contribution < 1.29 is 22.7 Å². The van der Waals surface area contributed by atoms with Crippen molar-refractivity contribution in [3.05, 3.63) is 29.3 Å². The van der Waals surface area contributed by atoms with Crippen LogP contribution in [0, 0.1) is 6.92 Å². The summed E-state index contributed by atoms with van der Waals surface area (Å²) >= 11 is 0. The van der Waals surface area contributed by atoms with E-state index >= 15 is 0 Å². The minimum atomic E-state index is -3.68. The molecule has 150 valence electrons. The first-order valence-corrected chi connectivity index (χ1v) is 10.8. The molecule has 7 nitrogen and oxygen atoms in total. The summed E-state index contributed by atoms with van der Waals surface area (Å²) in [6, 6.07) is 4.29. The Bertz CT molecular complexity index is 783.